The standard InChI is InChI=1S/C12H17F2NO3/c1-7-4-8(16)2-3-10(7)11(17)15-5-9(6-15)18-12(13)14/h7,9-10,12H,2-6H2,1H3. The highest BCUT2D eigenvalue weighted by Crippen LogP contribution is 2.31. The number of nitrogens with zero attached hydrogens (tertiary/aromatic N) is 1. The van der Waals surface area contributed by atoms with Crippen LogP contribution in [0.15, 0.2) is 0 Å². The lowest BCUT2D eigenvalue weighted by atomic mass is 9.78. The molecule has 1 heterocycles. The van der Waals surface area contributed by atoms with Crippen LogP contribution in [0, 0.1) is 11.8 Å². The number of rotatable bonds is 3. The van der Waals surface area contributed by atoms with Crippen molar-refractivity contribution in [1.29, 1.82) is 0 Å². The molecule has 0 aromatic rings. The number of halogens is 2. The summed E-state index contributed by atoms with van der Waals surface area (Å²) in [5.74, 6) is 0.0854. The van der Waals surface area contributed by atoms with Crippen molar-refractivity contribution in [3.63, 3.8) is 0 Å². The van der Waals surface area contributed by atoms with E-state index < -0.39 is 12.7 Å². The Hall–Kier alpha value is -1.04. The molecule has 0 spiro atoms. The zero-order chi connectivity index (χ0) is 13.3. The van der Waals surface area contributed by atoms with Crippen LogP contribution in [0.1, 0.15) is 26.2 Å². The molecule has 102 valence electrons. The van der Waals surface area contributed by atoms with E-state index in [4.69, 9.17) is 0 Å². The Labute approximate surface area is 104 Å². The third-order valence-electron chi connectivity index (χ3n) is 3.74. The van der Waals surface area contributed by atoms with Crippen LogP contribution < -0.4 is 0 Å². The van der Waals surface area contributed by atoms with Crippen molar-refractivity contribution < 1.29 is 23.1 Å². The van der Waals surface area contributed by atoms with Crippen LogP contribution in [0.4, 0.5) is 8.78 Å². The van der Waals surface area contributed by atoms with Crippen molar-refractivity contribution in [1.82, 2.24) is 4.90 Å². The van der Waals surface area contributed by atoms with E-state index in [1.165, 1.54) is 0 Å². The summed E-state index contributed by atoms with van der Waals surface area (Å²) in [5, 5.41) is 0. The van der Waals surface area contributed by atoms with E-state index >= 15 is 0 Å². The van der Waals surface area contributed by atoms with Crippen LogP contribution in [0.5, 0.6) is 0 Å². The molecule has 2 aliphatic rings. The van der Waals surface area contributed by atoms with Crippen LogP contribution in [0.3, 0.4) is 0 Å². The fraction of sp³-hybridized carbons (Fsp3) is 0.833. The molecule has 0 bridgehead atoms. The number of carbonyl (C=O) groups is 2. The first-order valence-electron chi connectivity index (χ1n) is 6.21. The maximum atomic E-state index is 12.1. The Morgan fingerprint density at radius 2 is 2.11 bits per heavy atom. The fourth-order valence-electron chi connectivity index (χ4n) is 2.66. The molecule has 0 N–H and O–H groups in total. The fourth-order valence-corrected chi connectivity index (χ4v) is 2.66. The van der Waals surface area contributed by atoms with Gasteiger partial charge in [0.25, 0.3) is 0 Å². The Morgan fingerprint density at radius 3 is 2.67 bits per heavy atom. The van der Waals surface area contributed by atoms with Crippen LogP contribution in [0.2, 0.25) is 0 Å². The van der Waals surface area contributed by atoms with E-state index in [2.05, 4.69) is 4.74 Å². The van der Waals surface area contributed by atoms with Gasteiger partial charge >= 0.3 is 6.61 Å². The Balaban J connectivity index is 1.81. The van der Waals surface area contributed by atoms with Crippen molar-refractivity contribution >= 4 is 11.7 Å². The minimum Gasteiger partial charge on any atom is -0.337 e. The molecule has 4 nitrogen and oxygen atoms in total. The van der Waals surface area contributed by atoms with Crippen molar-refractivity contribution in [2.24, 2.45) is 11.8 Å². The molecule has 1 saturated carbocycles. The molecule has 2 fully saturated rings. The second-order valence-electron chi connectivity index (χ2n) is 5.13. The number of hydrogen-bond acceptors (Lipinski definition) is 3. The monoisotopic (exact) mass is 261 g/mol. The minimum absolute atomic E-state index is 0.0240. The lowest BCUT2D eigenvalue weighted by Crippen LogP contribution is -2.57. The van der Waals surface area contributed by atoms with Gasteiger partial charge in [0.15, 0.2) is 0 Å². The average Bonchev–Trinajstić information content (AvgIpc) is 2.21. The molecule has 0 radical (unpaired) electrons. The SMILES string of the molecule is CC1CC(=O)CCC1C(=O)N1CC(OC(F)F)C1. The predicted molar refractivity (Wildman–Crippen MR) is 59.0 cm³/mol. The number of carbonyl (C=O) groups excluding carboxylic acids is 2. The molecule has 2 unspecified atom stereocenters. The van der Waals surface area contributed by atoms with Crippen LogP contribution in [0.25, 0.3) is 0 Å². The van der Waals surface area contributed by atoms with Gasteiger partial charge in [-0.15, -0.1) is 0 Å². The number of Topliss-reactive ketones (excluding diaryl/α,β-unsaturated/α-hetero) is 1. The van der Waals surface area contributed by atoms with Gasteiger partial charge in [0.2, 0.25) is 5.91 Å². The molecule has 6 heteroatoms. The summed E-state index contributed by atoms with van der Waals surface area (Å²) >= 11 is 0. The highest BCUT2D eigenvalue weighted by atomic mass is 19.3. The van der Waals surface area contributed by atoms with E-state index in [0.717, 1.165) is 0 Å². The lowest BCUT2D eigenvalue weighted by molar-refractivity contribution is -0.201. The molecule has 1 aliphatic carbocycles. The maximum Gasteiger partial charge on any atom is 0.345 e. The summed E-state index contributed by atoms with van der Waals surface area (Å²) in [5.41, 5.74) is 0. The van der Waals surface area contributed by atoms with Crippen LogP contribution in [-0.4, -0.2) is 42.4 Å². The number of hydrogen-bond donors (Lipinski definition) is 0. The number of likely N-dealkylation sites (tertiary alicyclic amines) is 1. The van der Waals surface area contributed by atoms with E-state index in [9.17, 15) is 18.4 Å². The van der Waals surface area contributed by atoms with Gasteiger partial charge in [-0.05, 0) is 12.3 Å². The first kappa shape index (κ1) is 13.4. The molecule has 1 amide bonds. The van der Waals surface area contributed by atoms with Crippen molar-refractivity contribution in [2.75, 3.05) is 13.1 Å². The van der Waals surface area contributed by atoms with Crippen LogP contribution in [-0.2, 0) is 14.3 Å². The second-order valence-corrected chi connectivity index (χ2v) is 5.13. The van der Waals surface area contributed by atoms with Crippen molar-refractivity contribution in [3.05, 3.63) is 0 Å². The zero-order valence-electron chi connectivity index (χ0n) is 10.3. The lowest BCUT2D eigenvalue weighted by Gasteiger charge is -2.42. The summed E-state index contributed by atoms with van der Waals surface area (Å²) in [6.45, 7) is -0.411. The molecule has 2 atom stereocenters. The van der Waals surface area contributed by atoms with Gasteiger partial charge in [0.1, 0.15) is 5.78 Å². The summed E-state index contributed by atoms with van der Waals surface area (Å²) in [6, 6.07) is 0. The molecular formula is C12H17F2NO3. The summed E-state index contributed by atoms with van der Waals surface area (Å²) < 4.78 is 28.2. The number of ether oxygens (including phenoxy) is 1. The van der Waals surface area contributed by atoms with Crippen molar-refractivity contribution in [2.45, 2.75) is 38.9 Å². The molecule has 18 heavy (non-hydrogen) atoms. The third kappa shape index (κ3) is 2.85. The van der Waals surface area contributed by atoms with Gasteiger partial charge in [0.05, 0.1) is 6.10 Å². The van der Waals surface area contributed by atoms with Gasteiger partial charge in [-0.25, -0.2) is 0 Å². The summed E-state index contributed by atoms with van der Waals surface area (Å²) in [7, 11) is 0. The van der Waals surface area contributed by atoms with Crippen molar-refractivity contribution in [3.8, 4) is 0 Å². The first-order valence-corrected chi connectivity index (χ1v) is 6.21. The quantitative estimate of drug-likeness (QED) is 0.772. The Kier molecular flexibility index (Phi) is 3.94. The van der Waals surface area contributed by atoms with Gasteiger partial charge in [-0.1, -0.05) is 6.92 Å². The number of ketones is 1. The molecular weight excluding hydrogens is 244 g/mol. The first-order chi connectivity index (χ1) is 8.47. The number of alkyl halides is 2. The Bertz CT molecular complexity index is 342. The average molecular weight is 261 g/mol. The van der Waals surface area contributed by atoms with E-state index in [-0.39, 0.29) is 36.6 Å². The van der Waals surface area contributed by atoms with Crippen LogP contribution >= 0.6 is 0 Å². The predicted octanol–water partition coefficient (Wildman–Crippen LogP) is 1.44. The zero-order valence-corrected chi connectivity index (χ0v) is 10.3. The van der Waals surface area contributed by atoms with Gasteiger partial charge in [0, 0.05) is 31.8 Å². The minimum atomic E-state index is -2.78. The smallest absolute Gasteiger partial charge is 0.337 e. The van der Waals surface area contributed by atoms with E-state index in [0.29, 0.717) is 19.3 Å². The number of amides is 1. The van der Waals surface area contributed by atoms with Gasteiger partial charge < -0.3 is 9.64 Å². The van der Waals surface area contributed by atoms with Gasteiger partial charge in [-0.3, -0.25) is 9.59 Å². The topological polar surface area (TPSA) is 46.6 Å². The molecule has 2 rings (SSSR count). The Morgan fingerprint density at radius 1 is 1.44 bits per heavy atom. The largest absolute Gasteiger partial charge is 0.345 e. The second kappa shape index (κ2) is 5.30. The normalized spacial score (nSPS) is 29.6. The highest BCUT2D eigenvalue weighted by Gasteiger charge is 2.39. The molecule has 0 aromatic heterocycles. The summed E-state index contributed by atoms with van der Waals surface area (Å²) in [4.78, 5) is 24.9. The van der Waals surface area contributed by atoms with E-state index in [1.807, 2.05) is 6.92 Å². The molecule has 0 aromatic carbocycles. The summed E-state index contributed by atoms with van der Waals surface area (Å²) in [6.07, 6.45) is 0.928. The van der Waals surface area contributed by atoms with E-state index in [1.54, 1.807) is 4.90 Å². The van der Waals surface area contributed by atoms with Gasteiger partial charge in [-0.2, -0.15) is 8.78 Å². The highest BCUT2D eigenvalue weighted by molar-refractivity contribution is 5.85. The molecule has 1 saturated heterocycles. The molecule has 1 aliphatic heterocycles. The third-order valence-corrected chi connectivity index (χ3v) is 3.74. The maximum absolute atomic E-state index is 12.1.